The third kappa shape index (κ3) is 4.79. The fourth-order valence-corrected chi connectivity index (χ4v) is 3.91. The number of ether oxygens (including phenoxy) is 3. The van der Waals surface area contributed by atoms with Crippen molar-refractivity contribution >= 4 is 18.0 Å². The Balaban J connectivity index is 1.87. The van der Waals surface area contributed by atoms with Gasteiger partial charge in [-0.3, -0.25) is 9.69 Å². The van der Waals surface area contributed by atoms with Gasteiger partial charge < -0.3 is 14.2 Å². The van der Waals surface area contributed by atoms with Crippen LogP contribution >= 0.6 is 0 Å². The molecule has 1 heterocycles. The third-order valence-electron chi connectivity index (χ3n) is 5.39. The number of esters is 2. The van der Waals surface area contributed by atoms with Gasteiger partial charge in [0.05, 0.1) is 20.6 Å². The van der Waals surface area contributed by atoms with E-state index in [2.05, 4.69) is 0 Å². The Labute approximate surface area is 175 Å². The molecule has 0 spiro atoms. The van der Waals surface area contributed by atoms with Crippen LogP contribution in [0.4, 0.5) is 4.79 Å². The summed E-state index contributed by atoms with van der Waals surface area (Å²) in [4.78, 5) is 39.0. The Morgan fingerprint density at radius 1 is 0.933 bits per heavy atom. The molecule has 3 atom stereocenters. The van der Waals surface area contributed by atoms with E-state index in [0.717, 1.165) is 11.1 Å². The normalized spacial score (nSPS) is 20.5. The van der Waals surface area contributed by atoms with E-state index >= 15 is 0 Å². The van der Waals surface area contributed by atoms with Gasteiger partial charge in [0.25, 0.3) is 0 Å². The van der Waals surface area contributed by atoms with Crippen LogP contribution in [0.3, 0.4) is 0 Å². The highest BCUT2D eigenvalue weighted by Gasteiger charge is 2.50. The molecule has 7 heteroatoms. The molecule has 7 nitrogen and oxygen atoms in total. The van der Waals surface area contributed by atoms with Gasteiger partial charge in [-0.05, 0) is 11.1 Å². The zero-order valence-corrected chi connectivity index (χ0v) is 17.0. The first-order valence-electron chi connectivity index (χ1n) is 9.72. The van der Waals surface area contributed by atoms with Gasteiger partial charge in [0.1, 0.15) is 12.6 Å². The minimum absolute atomic E-state index is 0.0156. The minimum Gasteiger partial charge on any atom is -0.469 e. The molecule has 1 saturated heterocycles. The van der Waals surface area contributed by atoms with E-state index in [9.17, 15) is 14.4 Å². The number of carbonyl (C=O) groups is 3. The molecule has 2 aromatic carbocycles. The van der Waals surface area contributed by atoms with Gasteiger partial charge in [0.2, 0.25) is 0 Å². The summed E-state index contributed by atoms with van der Waals surface area (Å²) in [5.74, 6) is -1.76. The topological polar surface area (TPSA) is 82.1 Å². The molecule has 1 amide bonds. The molecule has 0 unspecified atom stereocenters. The van der Waals surface area contributed by atoms with Crippen LogP contribution in [0.5, 0.6) is 0 Å². The molecule has 0 aromatic heterocycles. The first-order chi connectivity index (χ1) is 14.5. The zero-order chi connectivity index (χ0) is 21.5. The lowest BCUT2D eigenvalue weighted by molar-refractivity contribution is -0.148. The van der Waals surface area contributed by atoms with Crippen molar-refractivity contribution in [3.63, 3.8) is 0 Å². The van der Waals surface area contributed by atoms with Gasteiger partial charge >= 0.3 is 18.0 Å². The summed E-state index contributed by atoms with van der Waals surface area (Å²) < 4.78 is 15.3. The predicted molar refractivity (Wildman–Crippen MR) is 108 cm³/mol. The molecule has 2 aromatic rings. The molecule has 1 fully saturated rings. The van der Waals surface area contributed by atoms with E-state index in [1.54, 1.807) is 0 Å². The van der Waals surface area contributed by atoms with Crippen LogP contribution in [-0.2, 0) is 30.4 Å². The highest BCUT2D eigenvalue weighted by Crippen LogP contribution is 2.40. The Morgan fingerprint density at radius 3 is 2.17 bits per heavy atom. The Kier molecular flexibility index (Phi) is 7.06. The Bertz CT molecular complexity index is 870. The van der Waals surface area contributed by atoms with Crippen LogP contribution in [0.2, 0.25) is 0 Å². The Morgan fingerprint density at radius 2 is 1.57 bits per heavy atom. The van der Waals surface area contributed by atoms with Gasteiger partial charge in [-0.25, -0.2) is 9.59 Å². The summed E-state index contributed by atoms with van der Waals surface area (Å²) in [6.07, 6.45) is -0.638. The van der Waals surface area contributed by atoms with E-state index in [1.165, 1.54) is 19.1 Å². The van der Waals surface area contributed by atoms with Gasteiger partial charge in [-0.1, -0.05) is 60.7 Å². The van der Waals surface area contributed by atoms with Crippen molar-refractivity contribution in [3.8, 4) is 0 Å². The monoisotopic (exact) mass is 411 g/mol. The van der Waals surface area contributed by atoms with Crippen LogP contribution < -0.4 is 0 Å². The van der Waals surface area contributed by atoms with Gasteiger partial charge in [0.15, 0.2) is 0 Å². The smallest absolute Gasteiger partial charge is 0.410 e. The SMILES string of the molecule is COC(=O)C[C@H]1[C@@H](c2ccccc2)CN(C(=O)OCc2ccccc2)[C@@H]1C(=O)OC. The fourth-order valence-electron chi connectivity index (χ4n) is 3.91. The van der Waals surface area contributed by atoms with Crippen molar-refractivity contribution in [2.45, 2.75) is 25.0 Å². The molecule has 3 rings (SSSR count). The maximum Gasteiger partial charge on any atom is 0.410 e. The predicted octanol–water partition coefficient (Wildman–Crippen LogP) is 3.14. The van der Waals surface area contributed by atoms with Crippen LogP contribution in [-0.4, -0.2) is 49.7 Å². The molecule has 0 saturated carbocycles. The van der Waals surface area contributed by atoms with Crippen molar-refractivity contribution in [1.82, 2.24) is 4.90 Å². The summed E-state index contributed by atoms with van der Waals surface area (Å²) in [7, 11) is 2.56. The molecule has 0 bridgehead atoms. The number of amides is 1. The summed E-state index contributed by atoms with van der Waals surface area (Å²) in [6.45, 7) is 0.320. The number of rotatable bonds is 6. The van der Waals surface area contributed by atoms with E-state index in [-0.39, 0.29) is 25.5 Å². The van der Waals surface area contributed by atoms with E-state index < -0.39 is 30.0 Å². The number of nitrogens with zero attached hydrogens (tertiary/aromatic N) is 1. The van der Waals surface area contributed by atoms with Crippen molar-refractivity contribution in [2.75, 3.05) is 20.8 Å². The summed E-state index contributed by atoms with van der Waals surface area (Å²) in [5, 5.41) is 0. The molecule has 0 N–H and O–H groups in total. The van der Waals surface area contributed by atoms with Crippen molar-refractivity contribution in [2.24, 2.45) is 5.92 Å². The quantitative estimate of drug-likeness (QED) is 0.537. The van der Waals surface area contributed by atoms with Gasteiger partial charge in [-0.2, -0.15) is 0 Å². The zero-order valence-electron chi connectivity index (χ0n) is 17.0. The summed E-state index contributed by atoms with van der Waals surface area (Å²) in [6, 6.07) is 17.8. The highest BCUT2D eigenvalue weighted by molar-refractivity contribution is 5.84. The number of hydrogen-bond donors (Lipinski definition) is 0. The molecular formula is C23H25NO6. The summed E-state index contributed by atoms with van der Waals surface area (Å²) >= 11 is 0. The largest absolute Gasteiger partial charge is 0.469 e. The lowest BCUT2D eigenvalue weighted by Gasteiger charge is -2.25. The minimum atomic E-state index is -0.942. The molecule has 1 aliphatic rings. The number of benzene rings is 2. The first kappa shape index (κ1) is 21.4. The Hall–Kier alpha value is -3.35. The standard InChI is InChI=1S/C23H25NO6/c1-28-20(25)13-18-19(17-11-7-4-8-12-17)14-24(21(18)22(26)29-2)23(27)30-15-16-9-5-3-6-10-16/h3-12,18-19,21H,13-15H2,1-2H3/t18-,19+,21-/m0/s1. The van der Waals surface area contributed by atoms with Crippen molar-refractivity contribution in [1.29, 1.82) is 0 Å². The number of methoxy groups -OCH3 is 2. The third-order valence-corrected chi connectivity index (χ3v) is 5.39. The van der Waals surface area contributed by atoms with Gasteiger partial charge in [-0.15, -0.1) is 0 Å². The number of likely N-dealkylation sites (tertiary alicyclic amines) is 1. The van der Waals surface area contributed by atoms with Crippen molar-refractivity contribution < 1.29 is 28.6 Å². The maximum atomic E-state index is 12.9. The second kappa shape index (κ2) is 9.91. The average Bonchev–Trinajstić information content (AvgIpc) is 3.17. The average molecular weight is 411 g/mol. The molecular weight excluding hydrogens is 386 g/mol. The number of hydrogen-bond acceptors (Lipinski definition) is 6. The van der Waals surface area contributed by atoms with Crippen molar-refractivity contribution in [3.05, 3.63) is 71.8 Å². The van der Waals surface area contributed by atoms with Crippen LogP contribution in [0, 0.1) is 5.92 Å². The molecule has 0 aliphatic carbocycles. The van der Waals surface area contributed by atoms with Crippen LogP contribution in [0.1, 0.15) is 23.5 Å². The molecule has 30 heavy (non-hydrogen) atoms. The molecule has 158 valence electrons. The fraction of sp³-hybridized carbons (Fsp3) is 0.348. The van der Waals surface area contributed by atoms with E-state index in [0.29, 0.717) is 0 Å². The first-order valence-corrected chi connectivity index (χ1v) is 9.72. The summed E-state index contributed by atoms with van der Waals surface area (Å²) in [5.41, 5.74) is 1.77. The highest BCUT2D eigenvalue weighted by atomic mass is 16.6. The van der Waals surface area contributed by atoms with Gasteiger partial charge in [0, 0.05) is 18.4 Å². The maximum absolute atomic E-state index is 12.9. The second-order valence-corrected chi connectivity index (χ2v) is 7.12. The second-order valence-electron chi connectivity index (χ2n) is 7.12. The molecule has 1 aliphatic heterocycles. The lowest BCUT2D eigenvalue weighted by Crippen LogP contribution is -2.44. The van der Waals surface area contributed by atoms with Crippen LogP contribution in [0.15, 0.2) is 60.7 Å². The number of carbonyl (C=O) groups excluding carboxylic acids is 3. The van der Waals surface area contributed by atoms with E-state index in [1.807, 2.05) is 60.7 Å². The van der Waals surface area contributed by atoms with E-state index in [4.69, 9.17) is 14.2 Å². The molecule has 0 radical (unpaired) electrons. The lowest BCUT2D eigenvalue weighted by atomic mass is 9.83. The van der Waals surface area contributed by atoms with Crippen LogP contribution in [0.25, 0.3) is 0 Å².